The van der Waals surface area contributed by atoms with Crippen LogP contribution in [0.3, 0.4) is 0 Å². The lowest BCUT2D eigenvalue weighted by molar-refractivity contribution is 0.731. The van der Waals surface area contributed by atoms with Gasteiger partial charge < -0.3 is 9.47 Å². The van der Waals surface area contributed by atoms with Crippen molar-refractivity contribution in [2.75, 3.05) is 4.90 Å². The van der Waals surface area contributed by atoms with E-state index in [4.69, 9.17) is 0 Å². The van der Waals surface area contributed by atoms with Crippen LogP contribution in [0.5, 0.6) is 0 Å². The molecular formula is C43H28N4. The number of aromatic nitrogens is 2. The molecule has 0 unspecified atom stereocenters. The quantitative estimate of drug-likeness (QED) is 0.202. The molecule has 0 spiro atoms. The summed E-state index contributed by atoms with van der Waals surface area (Å²) in [7, 11) is 0. The van der Waals surface area contributed by atoms with E-state index in [1.807, 2.05) is 30.6 Å². The molecule has 220 valence electrons. The predicted molar refractivity (Wildman–Crippen MR) is 190 cm³/mol. The van der Waals surface area contributed by atoms with Crippen LogP contribution in [-0.4, -0.2) is 9.55 Å². The molecule has 0 saturated heterocycles. The van der Waals surface area contributed by atoms with Crippen LogP contribution in [0, 0.1) is 11.3 Å². The fourth-order valence-electron chi connectivity index (χ4n) is 7.70. The Morgan fingerprint density at radius 1 is 0.532 bits per heavy atom. The minimum absolute atomic E-state index is 0.554. The van der Waals surface area contributed by atoms with Gasteiger partial charge in [-0.2, -0.15) is 5.26 Å². The maximum atomic E-state index is 10.4. The third-order valence-corrected chi connectivity index (χ3v) is 9.53. The topological polar surface area (TPSA) is 44.9 Å². The van der Waals surface area contributed by atoms with Crippen molar-refractivity contribution in [2.45, 2.75) is 5.41 Å². The highest BCUT2D eigenvalue weighted by atomic mass is 15.2. The summed E-state index contributed by atoms with van der Waals surface area (Å²) in [6.07, 6.45) is 3.75. The van der Waals surface area contributed by atoms with Crippen molar-refractivity contribution in [3.8, 4) is 11.8 Å². The first-order valence-corrected chi connectivity index (χ1v) is 15.8. The van der Waals surface area contributed by atoms with Crippen molar-refractivity contribution in [3.63, 3.8) is 0 Å². The monoisotopic (exact) mass is 600 g/mol. The van der Waals surface area contributed by atoms with Gasteiger partial charge in [0.15, 0.2) is 0 Å². The summed E-state index contributed by atoms with van der Waals surface area (Å²) in [6.45, 7) is 0. The molecule has 0 saturated carbocycles. The van der Waals surface area contributed by atoms with Gasteiger partial charge in [0.2, 0.25) is 0 Å². The lowest BCUT2D eigenvalue weighted by atomic mass is 9.62. The van der Waals surface area contributed by atoms with E-state index in [0.717, 1.165) is 44.6 Å². The molecule has 1 aliphatic rings. The number of nitriles is 1. The number of pyridine rings is 1. The minimum atomic E-state index is -0.554. The zero-order valence-corrected chi connectivity index (χ0v) is 25.5. The van der Waals surface area contributed by atoms with Crippen LogP contribution < -0.4 is 4.90 Å². The zero-order valence-electron chi connectivity index (χ0n) is 25.5. The van der Waals surface area contributed by atoms with Crippen LogP contribution in [0.1, 0.15) is 27.8 Å². The number of hydrogen-bond acceptors (Lipinski definition) is 3. The molecule has 3 heterocycles. The number of benzene rings is 6. The number of nitrogens with zero attached hydrogens (tertiary/aromatic N) is 4. The molecule has 4 heteroatoms. The molecule has 1 aliphatic heterocycles. The Hall–Kier alpha value is -6.44. The maximum absolute atomic E-state index is 10.4. The summed E-state index contributed by atoms with van der Waals surface area (Å²) in [6, 6.07) is 58.1. The van der Waals surface area contributed by atoms with E-state index in [1.165, 1.54) is 22.3 Å². The third kappa shape index (κ3) is 3.90. The molecule has 4 nitrogen and oxygen atoms in total. The van der Waals surface area contributed by atoms with E-state index in [-0.39, 0.29) is 0 Å². The van der Waals surface area contributed by atoms with E-state index >= 15 is 0 Å². The summed E-state index contributed by atoms with van der Waals surface area (Å²) in [5, 5.41) is 12.6. The van der Waals surface area contributed by atoms with Gasteiger partial charge in [-0.1, -0.05) is 115 Å². The molecule has 6 aromatic carbocycles. The molecule has 0 amide bonds. The van der Waals surface area contributed by atoms with E-state index in [1.54, 1.807) is 0 Å². The van der Waals surface area contributed by atoms with Gasteiger partial charge in [-0.05, 0) is 64.7 Å². The van der Waals surface area contributed by atoms with Gasteiger partial charge >= 0.3 is 0 Å². The smallest absolute Gasteiger partial charge is 0.0993 e. The van der Waals surface area contributed by atoms with Crippen LogP contribution in [0.25, 0.3) is 27.5 Å². The molecule has 0 fully saturated rings. The average Bonchev–Trinajstić information content (AvgIpc) is 3.49. The van der Waals surface area contributed by atoms with Crippen molar-refractivity contribution in [1.82, 2.24) is 9.55 Å². The van der Waals surface area contributed by atoms with Gasteiger partial charge in [0, 0.05) is 34.5 Å². The van der Waals surface area contributed by atoms with Gasteiger partial charge in [0.05, 0.1) is 39.5 Å². The maximum Gasteiger partial charge on any atom is 0.0993 e. The molecule has 0 atom stereocenters. The van der Waals surface area contributed by atoms with Crippen molar-refractivity contribution < 1.29 is 0 Å². The molecule has 2 aromatic heterocycles. The highest BCUT2D eigenvalue weighted by Crippen LogP contribution is 2.57. The summed E-state index contributed by atoms with van der Waals surface area (Å²) < 4.78 is 2.25. The fraction of sp³-hybridized carbons (Fsp3) is 0.0233. The summed E-state index contributed by atoms with van der Waals surface area (Å²) >= 11 is 0. The Kier molecular flexibility index (Phi) is 6.06. The van der Waals surface area contributed by atoms with E-state index in [0.29, 0.717) is 5.56 Å². The van der Waals surface area contributed by atoms with Gasteiger partial charge in [-0.15, -0.1) is 0 Å². The van der Waals surface area contributed by atoms with E-state index < -0.39 is 5.41 Å². The summed E-state index contributed by atoms with van der Waals surface area (Å²) in [4.78, 5) is 6.76. The molecular weight excluding hydrogens is 573 g/mol. The van der Waals surface area contributed by atoms with E-state index in [2.05, 4.69) is 160 Å². The molecule has 0 aliphatic carbocycles. The van der Waals surface area contributed by atoms with Crippen molar-refractivity contribution in [2.24, 2.45) is 0 Å². The van der Waals surface area contributed by atoms with Gasteiger partial charge in [0.25, 0.3) is 0 Å². The highest BCUT2D eigenvalue weighted by Gasteiger charge is 2.46. The van der Waals surface area contributed by atoms with Crippen LogP contribution in [0.2, 0.25) is 0 Å². The van der Waals surface area contributed by atoms with Crippen LogP contribution in [0.4, 0.5) is 17.1 Å². The van der Waals surface area contributed by atoms with E-state index in [9.17, 15) is 5.26 Å². The molecule has 8 aromatic rings. The zero-order chi connectivity index (χ0) is 31.4. The van der Waals surface area contributed by atoms with Gasteiger partial charge in [0.1, 0.15) is 0 Å². The Labute approximate surface area is 273 Å². The van der Waals surface area contributed by atoms with Crippen molar-refractivity contribution in [1.29, 1.82) is 5.26 Å². The van der Waals surface area contributed by atoms with Gasteiger partial charge in [-0.3, -0.25) is 4.98 Å². The number of anilines is 3. The predicted octanol–water partition coefficient (Wildman–Crippen LogP) is 10.2. The molecule has 47 heavy (non-hydrogen) atoms. The molecule has 0 N–H and O–H groups in total. The van der Waals surface area contributed by atoms with Crippen LogP contribution >= 0.6 is 0 Å². The Morgan fingerprint density at radius 2 is 1.09 bits per heavy atom. The Balaban J connectivity index is 1.36. The Morgan fingerprint density at radius 3 is 1.74 bits per heavy atom. The Bertz CT molecular complexity index is 2350. The normalized spacial score (nSPS) is 13.2. The van der Waals surface area contributed by atoms with Crippen LogP contribution in [-0.2, 0) is 5.41 Å². The van der Waals surface area contributed by atoms with Crippen LogP contribution in [0.15, 0.2) is 170 Å². The fourth-order valence-corrected chi connectivity index (χ4v) is 7.70. The first-order valence-electron chi connectivity index (χ1n) is 15.8. The summed E-state index contributed by atoms with van der Waals surface area (Å²) in [5.74, 6) is 0. The lowest BCUT2D eigenvalue weighted by Crippen LogP contribution is -2.37. The molecule has 9 rings (SSSR count). The number of para-hydroxylation sites is 3. The SMILES string of the molecule is N#Cc1cc(N2c3ccccc3C(c3ccccc3)(c3ccccc3)c3ccccc32)cc(-n2c3ccccc3c3cnccc32)c1. The first-order chi connectivity index (χ1) is 23.3. The standard InChI is InChI=1S/C43H28N4/c44-28-30-25-33(46-39-20-10-7-17-35(39)36-29-45-24-23-40(36)46)27-34(26-30)47-41-21-11-8-18-37(41)43(31-13-3-1-4-14-31,32-15-5-2-6-16-32)38-19-9-12-22-42(38)47/h1-27,29H. The number of hydrogen-bond donors (Lipinski definition) is 0. The molecule has 0 bridgehead atoms. The average molecular weight is 601 g/mol. The second kappa shape index (κ2) is 10.6. The lowest BCUT2D eigenvalue weighted by Gasteiger charge is -2.46. The number of rotatable bonds is 4. The molecule has 0 radical (unpaired) electrons. The van der Waals surface area contributed by atoms with Crippen molar-refractivity contribution >= 4 is 38.9 Å². The van der Waals surface area contributed by atoms with Crippen molar-refractivity contribution in [3.05, 3.63) is 198 Å². The number of fused-ring (bicyclic) bond motifs is 5. The first kappa shape index (κ1) is 26.9. The minimum Gasteiger partial charge on any atom is -0.310 e. The highest BCUT2D eigenvalue weighted by molar-refractivity contribution is 6.09. The van der Waals surface area contributed by atoms with Gasteiger partial charge in [-0.25, -0.2) is 0 Å². The second-order valence-electron chi connectivity index (χ2n) is 11.9. The summed E-state index contributed by atoms with van der Waals surface area (Å²) in [5.41, 5.74) is 10.9. The largest absolute Gasteiger partial charge is 0.310 e. The third-order valence-electron chi connectivity index (χ3n) is 9.53. The second-order valence-corrected chi connectivity index (χ2v) is 11.9.